The Hall–Kier alpha value is -2.07. The predicted octanol–water partition coefficient (Wildman–Crippen LogP) is 4.36. The van der Waals surface area contributed by atoms with Crippen molar-refractivity contribution >= 4 is 5.91 Å². The molecule has 0 saturated heterocycles. The van der Waals surface area contributed by atoms with Crippen LogP contribution in [0.1, 0.15) is 61.7 Å². The van der Waals surface area contributed by atoms with Gasteiger partial charge in [-0.1, -0.05) is 44.2 Å². The summed E-state index contributed by atoms with van der Waals surface area (Å²) in [4.78, 5) is 11.0. The summed E-state index contributed by atoms with van der Waals surface area (Å²) in [7, 11) is 0. The number of nitrogens with two attached hydrogens (primary N) is 1. The van der Waals surface area contributed by atoms with E-state index in [4.69, 9.17) is 14.9 Å². The summed E-state index contributed by atoms with van der Waals surface area (Å²) in [5.41, 5.74) is 7.66. The van der Waals surface area contributed by atoms with Gasteiger partial charge in [0.15, 0.2) is 0 Å². The minimum atomic E-state index is -0.294. The fourth-order valence-corrected chi connectivity index (χ4v) is 2.80. The van der Waals surface area contributed by atoms with Crippen LogP contribution in [0.4, 0.5) is 0 Å². The van der Waals surface area contributed by atoms with Crippen LogP contribution in [0.3, 0.4) is 0 Å². The lowest BCUT2D eigenvalue weighted by Crippen LogP contribution is -2.10. The van der Waals surface area contributed by atoms with Crippen LogP contribution in [0, 0.1) is 0 Å². The van der Waals surface area contributed by atoms with E-state index in [1.54, 1.807) is 0 Å². The molecule has 1 unspecified atom stereocenters. The zero-order chi connectivity index (χ0) is 18.1. The number of aryl methyl sites for hydroxylation is 2. The molecule has 2 aromatic rings. The summed E-state index contributed by atoms with van der Waals surface area (Å²) in [6.45, 7) is 5.69. The first kappa shape index (κ1) is 19.3. The van der Waals surface area contributed by atoms with Crippen LogP contribution in [-0.2, 0) is 29.0 Å². The molecule has 4 heteroatoms. The number of hydrogen-bond donors (Lipinski definition) is 1. The smallest absolute Gasteiger partial charge is 0.217 e. The van der Waals surface area contributed by atoms with Crippen LogP contribution in [-0.4, -0.2) is 12.5 Å². The van der Waals surface area contributed by atoms with Crippen LogP contribution >= 0.6 is 0 Å². The average molecular weight is 343 g/mol. The van der Waals surface area contributed by atoms with Crippen LogP contribution < -0.4 is 5.73 Å². The maximum absolute atomic E-state index is 11.0. The highest BCUT2D eigenvalue weighted by Gasteiger charge is 2.16. The molecule has 1 aromatic heterocycles. The molecule has 0 bridgehead atoms. The van der Waals surface area contributed by atoms with E-state index in [-0.39, 0.29) is 5.91 Å². The third-order valence-electron chi connectivity index (χ3n) is 4.42. The molecule has 1 amide bonds. The molecule has 1 atom stereocenters. The van der Waals surface area contributed by atoms with Crippen molar-refractivity contribution in [1.82, 2.24) is 0 Å². The fraction of sp³-hybridized carbons (Fsp3) is 0.476. The Kier molecular flexibility index (Phi) is 7.74. The molecular formula is C21H29NO3. The van der Waals surface area contributed by atoms with Crippen LogP contribution in [0.25, 0.3) is 0 Å². The van der Waals surface area contributed by atoms with Crippen molar-refractivity contribution in [3.05, 3.63) is 59.0 Å². The van der Waals surface area contributed by atoms with Crippen LogP contribution in [0.5, 0.6) is 0 Å². The molecule has 2 rings (SSSR count). The minimum Gasteiger partial charge on any atom is -0.465 e. The number of benzene rings is 1. The lowest BCUT2D eigenvalue weighted by atomic mass is 9.99. The van der Waals surface area contributed by atoms with Gasteiger partial charge >= 0.3 is 0 Å². The normalized spacial score (nSPS) is 12.2. The largest absolute Gasteiger partial charge is 0.465 e. The van der Waals surface area contributed by atoms with Gasteiger partial charge in [-0.05, 0) is 36.5 Å². The number of furan rings is 1. The highest BCUT2D eigenvalue weighted by atomic mass is 16.5. The number of ether oxygens (including phenoxy) is 1. The second-order valence-corrected chi connectivity index (χ2v) is 6.52. The van der Waals surface area contributed by atoms with Crippen LogP contribution in [0.2, 0.25) is 0 Å². The zero-order valence-electron chi connectivity index (χ0n) is 15.3. The van der Waals surface area contributed by atoms with Gasteiger partial charge in [0.1, 0.15) is 11.5 Å². The van der Waals surface area contributed by atoms with Gasteiger partial charge in [-0.3, -0.25) is 4.79 Å². The van der Waals surface area contributed by atoms with Gasteiger partial charge in [0.25, 0.3) is 0 Å². The molecule has 0 radical (unpaired) electrons. The van der Waals surface area contributed by atoms with Crippen molar-refractivity contribution in [3.8, 4) is 0 Å². The number of carbonyl (C=O) groups is 1. The van der Waals surface area contributed by atoms with Gasteiger partial charge in [0.05, 0.1) is 6.61 Å². The molecule has 0 spiro atoms. The van der Waals surface area contributed by atoms with Gasteiger partial charge in [0.2, 0.25) is 5.91 Å². The van der Waals surface area contributed by atoms with Gasteiger partial charge in [0, 0.05) is 25.4 Å². The molecule has 0 aliphatic carbocycles. The molecule has 4 nitrogen and oxygen atoms in total. The van der Waals surface area contributed by atoms with Crippen molar-refractivity contribution in [2.24, 2.45) is 5.73 Å². The monoisotopic (exact) mass is 343 g/mol. The molecule has 0 aliphatic rings. The van der Waals surface area contributed by atoms with E-state index in [1.165, 1.54) is 11.1 Å². The maximum atomic E-state index is 11.0. The lowest BCUT2D eigenvalue weighted by Gasteiger charge is -2.09. The molecular weight excluding hydrogens is 314 g/mol. The number of hydrogen-bond acceptors (Lipinski definition) is 3. The first-order valence-corrected chi connectivity index (χ1v) is 9.11. The summed E-state index contributed by atoms with van der Waals surface area (Å²) in [5.74, 6) is 1.99. The average Bonchev–Trinajstić information content (AvgIpc) is 3.03. The summed E-state index contributed by atoms with van der Waals surface area (Å²) < 4.78 is 11.8. The number of primary amides is 1. The molecule has 25 heavy (non-hydrogen) atoms. The number of amides is 1. The Morgan fingerprint density at radius 3 is 2.68 bits per heavy atom. The quantitative estimate of drug-likeness (QED) is 0.616. The van der Waals surface area contributed by atoms with E-state index in [2.05, 4.69) is 32.0 Å². The van der Waals surface area contributed by atoms with Crippen molar-refractivity contribution in [3.63, 3.8) is 0 Å². The van der Waals surface area contributed by atoms with E-state index < -0.39 is 0 Å². The Morgan fingerprint density at radius 1 is 1.24 bits per heavy atom. The Bertz CT molecular complexity index is 648. The highest BCUT2D eigenvalue weighted by molar-refractivity contribution is 5.73. The van der Waals surface area contributed by atoms with E-state index in [0.717, 1.165) is 37.4 Å². The third kappa shape index (κ3) is 6.39. The number of carbonyl (C=O) groups excluding carboxylic acids is 1. The standard InChI is InChI=1S/C21H29NO3/c1-3-16(2)21-18(14-19(25-21)11-12-20(22)23)10-7-13-24-15-17-8-5-4-6-9-17/h4-6,8-9,14,16H,3,7,10-13,15H2,1-2H3,(H2,22,23). The summed E-state index contributed by atoms with van der Waals surface area (Å²) in [6, 6.07) is 12.3. The first-order chi connectivity index (χ1) is 12.1. The van der Waals surface area contributed by atoms with Crippen molar-refractivity contribution in [1.29, 1.82) is 0 Å². The molecule has 136 valence electrons. The van der Waals surface area contributed by atoms with E-state index in [1.807, 2.05) is 18.2 Å². The van der Waals surface area contributed by atoms with E-state index in [9.17, 15) is 4.79 Å². The maximum Gasteiger partial charge on any atom is 0.217 e. The predicted molar refractivity (Wildman–Crippen MR) is 99.3 cm³/mol. The fourth-order valence-electron chi connectivity index (χ4n) is 2.80. The summed E-state index contributed by atoms with van der Waals surface area (Å²) in [6.07, 6.45) is 3.80. The van der Waals surface area contributed by atoms with E-state index in [0.29, 0.717) is 25.4 Å². The van der Waals surface area contributed by atoms with E-state index >= 15 is 0 Å². The number of rotatable bonds is 11. The lowest BCUT2D eigenvalue weighted by molar-refractivity contribution is -0.118. The zero-order valence-corrected chi connectivity index (χ0v) is 15.3. The third-order valence-corrected chi connectivity index (χ3v) is 4.42. The molecule has 2 N–H and O–H groups in total. The second kappa shape index (κ2) is 10.0. The molecule has 1 heterocycles. The first-order valence-electron chi connectivity index (χ1n) is 9.11. The molecule has 0 saturated carbocycles. The Morgan fingerprint density at radius 2 is 2.00 bits per heavy atom. The molecule has 0 fully saturated rings. The Labute approximate surface area is 150 Å². The SMILES string of the molecule is CCC(C)c1oc(CCC(N)=O)cc1CCCOCc1ccccc1. The molecule has 1 aromatic carbocycles. The van der Waals surface area contributed by atoms with Crippen molar-refractivity contribution < 1.29 is 13.9 Å². The van der Waals surface area contributed by atoms with Gasteiger partial charge < -0.3 is 14.9 Å². The topological polar surface area (TPSA) is 65.5 Å². The van der Waals surface area contributed by atoms with Gasteiger partial charge in [-0.15, -0.1) is 0 Å². The van der Waals surface area contributed by atoms with Gasteiger partial charge in [-0.25, -0.2) is 0 Å². The minimum absolute atomic E-state index is 0.294. The van der Waals surface area contributed by atoms with Crippen molar-refractivity contribution in [2.75, 3.05) is 6.61 Å². The Balaban J connectivity index is 1.85. The molecule has 0 aliphatic heterocycles. The second-order valence-electron chi connectivity index (χ2n) is 6.52. The summed E-state index contributed by atoms with van der Waals surface area (Å²) >= 11 is 0. The van der Waals surface area contributed by atoms with Gasteiger partial charge in [-0.2, -0.15) is 0 Å². The van der Waals surface area contributed by atoms with Crippen LogP contribution in [0.15, 0.2) is 40.8 Å². The van der Waals surface area contributed by atoms with Crippen molar-refractivity contribution in [2.45, 2.75) is 58.5 Å². The summed E-state index contributed by atoms with van der Waals surface area (Å²) in [5, 5.41) is 0. The highest BCUT2D eigenvalue weighted by Crippen LogP contribution is 2.28.